The summed E-state index contributed by atoms with van der Waals surface area (Å²) in [5, 5.41) is 7.89. The van der Waals surface area contributed by atoms with Crippen molar-refractivity contribution in [3.63, 3.8) is 0 Å². The van der Waals surface area contributed by atoms with Crippen LogP contribution in [0.4, 0.5) is 0 Å². The number of nitrogens with zero attached hydrogens (tertiary/aromatic N) is 3. The number of aryl methyl sites for hydroxylation is 2. The second-order valence-corrected chi connectivity index (χ2v) is 5.00. The second-order valence-electron chi connectivity index (χ2n) is 5.00. The standard InChI is InChI=1S/C12H16N4O2/c1-7-9(8(2)17-15-7)6-10-14-11(16-18-10)12(13)4-3-5-12/h3-6,13H2,1-2H3. The highest BCUT2D eigenvalue weighted by Crippen LogP contribution is 2.37. The minimum absolute atomic E-state index is 0.375. The van der Waals surface area contributed by atoms with Gasteiger partial charge in [0.05, 0.1) is 17.7 Å². The van der Waals surface area contributed by atoms with Gasteiger partial charge in [-0.2, -0.15) is 4.98 Å². The van der Waals surface area contributed by atoms with Crippen molar-refractivity contribution in [2.45, 2.75) is 45.1 Å². The third-order valence-electron chi connectivity index (χ3n) is 3.67. The van der Waals surface area contributed by atoms with Gasteiger partial charge in [0.2, 0.25) is 5.89 Å². The molecule has 0 spiro atoms. The molecule has 0 aliphatic heterocycles. The topological polar surface area (TPSA) is 91.0 Å². The van der Waals surface area contributed by atoms with Crippen LogP contribution < -0.4 is 5.73 Å². The summed E-state index contributed by atoms with van der Waals surface area (Å²) in [4.78, 5) is 4.39. The van der Waals surface area contributed by atoms with E-state index in [1.54, 1.807) is 0 Å². The predicted octanol–water partition coefficient (Wildman–Crippen LogP) is 1.60. The van der Waals surface area contributed by atoms with Crippen LogP contribution in [0.1, 0.15) is 48.0 Å². The van der Waals surface area contributed by atoms with Crippen LogP contribution in [0.5, 0.6) is 0 Å². The lowest BCUT2D eigenvalue weighted by molar-refractivity contribution is 0.229. The van der Waals surface area contributed by atoms with Crippen molar-refractivity contribution >= 4 is 0 Å². The van der Waals surface area contributed by atoms with Crippen LogP contribution in [0.25, 0.3) is 0 Å². The predicted molar refractivity (Wildman–Crippen MR) is 62.8 cm³/mol. The zero-order chi connectivity index (χ0) is 12.8. The molecule has 0 amide bonds. The highest BCUT2D eigenvalue weighted by Gasteiger charge is 2.39. The van der Waals surface area contributed by atoms with E-state index in [9.17, 15) is 0 Å². The Labute approximate surface area is 105 Å². The Balaban J connectivity index is 1.82. The molecule has 0 saturated heterocycles. The summed E-state index contributed by atoms with van der Waals surface area (Å²) in [6.45, 7) is 3.78. The highest BCUT2D eigenvalue weighted by molar-refractivity contribution is 5.24. The molecule has 1 aliphatic rings. The molecule has 6 nitrogen and oxygen atoms in total. The highest BCUT2D eigenvalue weighted by atomic mass is 16.5. The lowest BCUT2D eigenvalue weighted by Crippen LogP contribution is -2.44. The number of hydrogen-bond donors (Lipinski definition) is 1. The first-order chi connectivity index (χ1) is 8.58. The quantitative estimate of drug-likeness (QED) is 0.887. The molecule has 3 rings (SSSR count). The molecule has 0 bridgehead atoms. The fourth-order valence-electron chi connectivity index (χ4n) is 2.22. The molecule has 1 saturated carbocycles. The van der Waals surface area contributed by atoms with Crippen molar-refractivity contribution in [3.8, 4) is 0 Å². The molecule has 0 unspecified atom stereocenters. The Morgan fingerprint density at radius 1 is 1.22 bits per heavy atom. The van der Waals surface area contributed by atoms with Crippen LogP contribution >= 0.6 is 0 Å². The van der Waals surface area contributed by atoms with E-state index < -0.39 is 0 Å². The molecule has 2 N–H and O–H groups in total. The van der Waals surface area contributed by atoms with Crippen molar-refractivity contribution in [1.29, 1.82) is 0 Å². The van der Waals surface area contributed by atoms with Gasteiger partial charge in [-0.25, -0.2) is 0 Å². The molecule has 0 atom stereocenters. The Hall–Kier alpha value is -1.69. The van der Waals surface area contributed by atoms with E-state index in [1.165, 1.54) is 0 Å². The number of rotatable bonds is 3. The van der Waals surface area contributed by atoms with Gasteiger partial charge in [0.1, 0.15) is 5.76 Å². The zero-order valence-electron chi connectivity index (χ0n) is 10.6. The third-order valence-corrected chi connectivity index (χ3v) is 3.67. The molecule has 96 valence electrons. The van der Waals surface area contributed by atoms with Gasteiger partial charge in [-0.05, 0) is 33.1 Å². The summed E-state index contributed by atoms with van der Waals surface area (Å²) < 4.78 is 10.4. The molecule has 1 aliphatic carbocycles. The van der Waals surface area contributed by atoms with Crippen LogP contribution in [-0.4, -0.2) is 15.3 Å². The summed E-state index contributed by atoms with van der Waals surface area (Å²) in [6.07, 6.45) is 3.53. The molecular weight excluding hydrogens is 232 g/mol. The van der Waals surface area contributed by atoms with Crippen LogP contribution in [0.15, 0.2) is 9.05 Å². The maximum Gasteiger partial charge on any atom is 0.231 e. The minimum atomic E-state index is -0.375. The molecule has 1 fully saturated rings. The summed E-state index contributed by atoms with van der Waals surface area (Å²) in [5.41, 5.74) is 7.64. The van der Waals surface area contributed by atoms with E-state index in [0.717, 1.165) is 36.3 Å². The van der Waals surface area contributed by atoms with Gasteiger partial charge in [0.15, 0.2) is 5.82 Å². The zero-order valence-corrected chi connectivity index (χ0v) is 10.6. The number of aromatic nitrogens is 3. The average Bonchev–Trinajstić information content (AvgIpc) is 2.88. The lowest BCUT2D eigenvalue weighted by atomic mass is 9.77. The van der Waals surface area contributed by atoms with Gasteiger partial charge >= 0.3 is 0 Å². The fourth-order valence-corrected chi connectivity index (χ4v) is 2.22. The number of nitrogens with two attached hydrogens (primary N) is 1. The number of hydrogen-bond acceptors (Lipinski definition) is 6. The Kier molecular flexibility index (Phi) is 2.48. The van der Waals surface area contributed by atoms with E-state index in [4.69, 9.17) is 14.8 Å². The largest absolute Gasteiger partial charge is 0.361 e. The summed E-state index contributed by atoms with van der Waals surface area (Å²) in [5.74, 6) is 1.98. The molecular formula is C12H16N4O2. The molecule has 6 heteroatoms. The van der Waals surface area contributed by atoms with E-state index in [0.29, 0.717) is 18.1 Å². The lowest BCUT2D eigenvalue weighted by Gasteiger charge is -2.34. The molecule has 2 aromatic rings. The molecule has 2 heterocycles. The van der Waals surface area contributed by atoms with Gasteiger partial charge in [0, 0.05) is 5.56 Å². The van der Waals surface area contributed by atoms with Crippen molar-refractivity contribution in [3.05, 3.63) is 28.7 Å². The summed E-state index contributed by atoms with van der Waals surface area (Å²) in [7, 11) is 0. The van der Waals surface area contributed by atoms with Crippen molar-refractivity contribution in [1.82, 2.24) is 15.3 Å². The first kappa shape index (κ1) is 11.4. The van der Waals surface area contributed by atoms with Crippen LogP contribution in [-0.2, 0) is 12.0 Å². The fraction of sp³-hybridized carbons (Fsp3) is 0.583. The van der Waals surface area contributed by atoms with E-state index in [2.05, 4.69) is 15.3 Å². The van der Waals surface area contributed by atoms with Gasteiger partial charge in [0.25, 0.3) is 0 Å². The van der Waals surface area contributed by atoms with Gasteiger partial charge in [-0.1, -0.05) is 10.3 Å². The second kappa shape index (κ2) is 3.91. The van der Waals surface area contributed by atoms with Crippen molar-refractivity contribution < 1.29 is 9.05 Å². The van der Waals surface area contributed by atoms with Crippen molar-refractivity contribution in [2.24, 2.45) is 5.73 Å². The molecule has 0 radical (unpaired) electrons. The summed E-state index contributed by atoms with van der Waals surface area (Å²) >= 11 is 0. The van der Waals surface area contributed by atoms with Crippen molar-refractivity contribution in [2.75, 3.05) is 0 Å². The molecule has 18 heavy (non-hydrogen) atoms. The van der Waals surface area contributed by atoms with Gasteiger partial charge < -0.3 is 14.8 Å². The maximum atomic E-state index is 6.15. The Morgan fingerprint density at radius 2 is 2.00 bits per heavy atom. The van der Waals surface area contributed by atoms with Gasteiger partial charge in [-0.15, -0.1) is 0 Å². The Bertz CT molecular complexity index is 549. The third kappa shape index (κ3) is 1.73. The van der Waals surface area contributed by atoms with Crippen LogP contribution in [0, 0.1) is 13.8 Å². The normalized spacial score (nSPS) is 17.7. The van der Waals surface area contributed by atoms with Gasteiger partial charge in [-0.3, -0.25) is 0 Å². The summed E-state index contributed by atoms with van der Waals surface area (Å²) in [6, 6.07) is 0. The monoisotopic (exact) mass is 248 g/mol. The van der Waals surface area contributed by atoms with E-state index >= 15 is 0 Å². The van der Waals surface area contributed by atoms with E-state index in [-0.39, 0.29) is 5.54 Å². The van der Waals surface area contributed by atoms with E-state index in [1.807, 2.05) is 13.8 Å². The first-order valence-corrected chi connectivity index (χ1v) is 6.12. The molecule has 0 aromatic carbocycles. The van der Waals surface area contributed by atoms with Crippen LogP contribution in [0.3, 0.4) is 0 Å². The van der Waals surface area contributed by atoms with Crippen LogP contribution in [0.2, 0.25) is 0 Å². The minimum Gasteiger partial charge on any atom is -0.361 e. The molecule has 2 aromatic heterocycles. The SMILES string of the molecule is Cc1noc(C)c1Cc1nc(C2(N)CCC2)no1. The maximum absolute atomic E-state index is 6.15. The Morgan fingerprint density at radius 3 is 2.56 bits per heavy atom. The average molecular weight is 248 g/mol. The smallest absolute Gasteiger partial charge is 0.231 e. The first-order valence-electron chi connectivity index (χ1n) is 6.12.